The van der Waals surface area contributed by atoms with Crippen LogP contribution in [0.5, 0.6) is 0 Å². The Kier molecular flexibility index (Phi) is 11.5. The zero-order valence-corrected chi connectivity index (χ0v) is 17.4. The van der Waals surface area contributed by atoms with Gasteiger partial charge in [0, 0.05) is 30.9 Å². The molecule has 0 aromatic carbocycles. The first-order chi connectivity index (χ1) is 11.0. The maximum atomic E-state index is 11.8. The van der Waals surface area contributed by atoms with Crippen LogP contribution in [0.1, 0.15) is 54.4 Å². The number of carbonyl (C=O) groups excluding carboxylic acids is 3. The summed E-state index contributed by atoms with van der Waals surface area (Å²) >= 11 is 0. The predicted molar refractivity (Wildman–Crippen MR) is 104 cm³/mol. The molecule has 0 aliphatic carbocycles. The van der Waals surface area contributed by atoms with Gasteiger partial charge in [0.1, 0.15) is 0 Å². The Bertz CT molecular complexity index is 421. The molecule has 5 nitrogen and oxygen atoms in total. The van der Waals surface area contributed by atoms with Gasteiger partial charge in [0.25, 0.3) is 0 Å². The molecule has 0 unspecified atom stereocenters. The molecule has 0 saturated carbocycles. The van der Waals surface area contributed by atoms with Crippen molar-refractivity contribution in [1.82, 2.24) is 10.6 Å². The first-order valence-corrected chi connectivity index (χ1v) is 10.8. The number of hydrogen-bond donors (Lipinski definition) is 2. The van der Waals surface area contributed by atoms with Crippen LogP contribution in [0.4, 0.5) is 0 Å². The van der Waals surface area contributed by atoms with E-state index in [1.54, 1.807) is 21.6 Å². The summed E-state index contributed by atoms with van der Waals surface area (Å²) < 4.78 is 0. The molecule has 2 N–H and O–H groups in total. The lowest BCUT2D eigenvalue weighted by Crippen LogP contribution is -2.41. The Morgan fingerprint density at radius 3 is 2.17 bits per heavy atom. The van der Waals surface area contributed by atoms with Gasteiger partial charge < -0.3 is 10.6 Å². The maximum absolute atomic E-state index is 11.8. The summed E-state index contributed by atoms with van der Waals surface area (Å²) in [5.74, 6) is 1.54. The van der Waals surface area contributed by atoms with E-state index in [1.807, 2.05) is 34.6 Å². The van der Waals surface area contributed by atoms with Gasteiger partial charge in [-0.1, -0.05) is 56.2 Å². The predicted octanol–water partition coefficient (Wildman–Crippen LogP) is 3.04. The van der Waals surface area contributed by atoms with Crippen molar-refractivity contribution in [3.8, 4) is 0 Å². The lowest BCUT2D eigenvalue weighted by Gasteiger charge is -2.17. The highest BCUT2D eigenvalue weighted by atomic mass is 33.1. The molecule has 0 bridgehead atoms. The fourth-order valence-corrected chi connectivity index (χ4v) is 3.99. The highest BCUT2D eigenvalue weighted by molar-refractivity contribution is 8.76. The molecule has 0 rings (SSSR count). The maximum Gasteiger partial charge on any atom is 0.220 e. The van der Waals surface area contributed by atoms with E-state index in [0.717, 1.165) is 5.75 Å². The van der Waals surface area contributed by atoms with Crippen LogP contribution < -0.4 is 10.6 Å². The molecule has 0 saturated heterocycles. The van der Waals surface area contributed by atoms with E-state index >= 15 is 0 Å². The lowest BCUT2D eigenvalue weighted by atomic mass is 9.92. The van der Waals surface area contributed by atoms with Crippen molar-refractivity contribution < 1.29 is 14.4 Å². The van der Waals surface area contributed by atoms with E-state index in [4.69, 9.17) is 0 Å². The topological polar surface area (TPSA) is 75.3 Å². The Morgan fingerprint density at radius 1 is 1.04 bits per heavy atom. The van der Waals surface area contributed by atoms with E-state index in [1.165, 1.54) is 6.92 Å². The van der Waals surface area contributed by atoms with Gasteiger partial charge in [-0.3, -0.25) is 14.4 Å². The van der Waals surface area contributed by atoms with Gasteiger partial charge in [0.15, 0.2) is 5.78 Å². The molecule has 0 aromatic heterocycles. The standard InChI is InChI=1S/C17H32N2O3S2/c1-12(2)9-15(21)19-14(13(3)20)11-24-23-8-7-18-16(22)10-17(4,5)6/h12,14H,7-11H2,1-6H3,(H,18,22)(H,19,21)/t14-/m0/s1. The number of rotatable bonds is 11. The third-order valence-corrected chi connectivity index (χ3v) is 5.35. The molecule has 2 amide bonds. The fourth-order valence-electron chi connectivity index (χ4n) is 1.84. The lowest BCUT2D eigenvalue weighted by molar-refractivity contribution is -0.126. The minimum atomic E-state index is -0.441. The number of Topliss-reactive ketones (excluding diaryl/α,β-unsaturated/α-hetero) is 1. The van der Waals surface area contributed by atoms with Crippen LogP contribution >= 0.6 is 21.6 Å². The molecule has 0 aliphatic rings. The molecule has 0 fully saturated rings. The minimum absolute atomic E-state index is 0.00508. The quantitative estimate of drug-likeness (QED) is 0.428. The SMILES string of the molecule is CC(=O)[C@H](CSSCCNC(=O)CC(C)(C)C)NC(=O)CC(C)C. The largest absolute Gasteiger partial charge is 0.355 e. The molecule has 140 valence electrons. The van der Waals surface area contributed by atoms with Crippen molar-refractivity contribution in [2.45, 2.75) is 60.4 Å². The van der Waals surface area contributed by atoms with Gasteiger partial charge >= 0.3 is 0 Å². The van der Waals surface area contributed by atoms with Gasteiger partial charge in [-0.15, -0.1) is 0 Å². The molecule has 24 heavy (non-hydrogen) atoms. The third kappa shape index (κ3) is 13.7. The Hall–Kier alpha value is -0.690. The second-order valence-corrected chi connectivity index (χ2v) is 10.1. The second kappa shape index (κ2) is 11.8. The minimum Gasteiger partial charge on any atom is -0.355 e. The van der Waals surface area contributed by atoms with Crippen LogP contribution in [0, 0.1) is 11.3 Å². The summed E-state index contributed by atoms with van der Waals surface area (Å²) in [6.07, 6.45) is 0.945. The molecule has 1 atom stereocenters. The van der Waals surface area contributed by atoms with Crippen molar-refractivity contribution in [2.24, 2.45) is 11.3 Å². The third-order valence-electron chi connectivity index (χ3n) is 2.94. The molecule has 7 heteroatoms. The molecule has 0 radical (unpaired) electrons. The number of nitrogens with one attached hydrogen (secondary N) is 2. The van der Waals surface area contributed by atoms with E-state index < -0.39 is 6.04 Å². The Labute approximate surface area is 154 Å². The summed E-state index contributed by atoms with van der Waals surface area (Å²) in [5, 5.41) is 5.68. The average Bonchev–Trinajstić information content (AvgIpc) is 2.37. The van der Waals surface area contributed by atoms with E-state index in [-0.39, 0.29) is 28.9 Å². The molecular weight excluding hydrogens is 344 g/mol. The summed E-state index contributed by atoms with van der Waals surface area (Å²) in [5.41, 5.74) is -0.00508. The summed E-state index contributed by atoms with van der Waals surface area (Å²) in [6.45, 7) is 12.2. The van der Waals surface area contributed by atoms with Crippen molar-refractivity contribution in [2.75, 3.05) is 18.1 Å². The zero-order chi connectivity index (χ0) is 18.8. The van der Waals surface area contributed by atoms with Crippen LogP contribution in [0.15, 0.2) is 0 Å². The molecule has 0 aliphatic heterocycles. The summed E-state index contributed by atoms with van der Waals surface area (Å²) in [4.78, 5) is 35.1. The van der Waals surface area contributed by atoms with E-state index in [9.17, 15) is 14.4 Å². The zero-order valence-electron chi connectivity index (χ0n) is 15.7. The molecule has 0 aromatic rings. The molecular formula is C17H32N2O3S2. The monoisotopic (exact) mass is 376 g/mol. The normalized spacial score (nSPS) is 12.8. The summed E-state index contributed by atoms with van der Waals surface area (Å²) in [7, 11) is 3.14. The Morgan fingerprint density at radius 2 is 1.67 bits per heavy atom. The van der Waals surface area contributed by atoms with E-state index in [2.05, 4.69) is 10.6 Å². The van der Waals surface area contributed by atoms with Crippen molar-refractivity contribution in [1.29, 1.82) is 0 Å². The average molecular weight is 377 g/mol. The number of ketones is 1. The van der Waals surface area contributed by atoms with Gasteiger partial charge in [-0.05, 0) is 18.3 Å². The van der Waals surface area contributed by atoms with E-state index in [0.29, 0.717) is 25.1 Å². The second-order valence-electron chi connectivity index (χ2n) is 7.52. The number of hydrogen-bond acceptors (Lipinski definition) is 5. The van der Waals surface area contributed by atoms with Gasteiger partial charge in [-0.25, -0.2) is 0 Å². The summed E-state index contributed by atoms with van der Waals surface area (Å²) in [6, 6.07) is -0.441. The smallest absolute Gasteiger partial charge is 0.220 e. The van der Waals surface area contributed by atoms with Crippen LogP contribution in [-0.2, 0) is 14.4 Å². The van der Waals surface area contributed by atoms with Crippen molar-refractivity contribution in [3.05, 3.63) is 0 Å². The fraction of sp³-hybridized carbons (Fsp3) is 0.824. The first-order valence-electron chi connectivity index (χ1n) is 8.32. The van der Waals surface area contributed by atoms with Gasteiger partial charge in [0.2, 0.25) is 11.8 Å². The van der Waals surface area contributed by atoms with Crippen LogP contribution in [0.3, 0.4) is 0 Å². The number of amides is 2. The van der Waals surface area contributed by atoms with Crippen molar-refractivity contribution >= 4 is 39.2 Å². The highest BCUT2D eigenvalue weighted by Crippen LogP contribution is 2.22. The van der Waals surface area contributed by atoms with Gasteiger partial charge in [0.05, 0.1) is 6.04 Å². The van der Waals surface area contributed by atoms with Crippen LogP contribution in [0.2, 0.25) is 0 Å². The van der Waals surface area contributed by atoms with Crippen molar-refractivity contribution in [3.63, 3.8) is 0 Å². The highest BCUT2D eigenvalue weighted by Gasteiger charge is 2.18. The Balaban J connectivity index is 3.91. The van der Waals surface area contributed by atoms with Crippen LogP contribution in [-0.4, -0.2) is 41.7 Å². The first kappa shape index (κ1) is 23.3. The molecule has 0 heterocycles. The number of carbonyl (C=O) groups is 3. The molecule has 0 spiro atoms. The van der Waals surface area contributed by atoms with Crippen LogP contribution in [0.25, 0.3) is 0 Å². The van der Waals surface area contributed by atoms with Gasteiger partial charge in [-0.2, -0.15) is 0 Å².